The number of hydrogen-bond acceptors (Lipinski definition) is 3. The van der Waals surface area contributed by atoms with E-state index in [-0.39, 0.29) is 17.4 Å². The molecule has 0 radical (unpaired) electrons. The van der Waals surface area contributed by atoms with Crippen molar-refractivity contribution in [2.24, 2.45) is 0 Å². The van der Waals surface area contributed by atoms with Crippen molar-refractivity contribution in [2.45, 2.75) is 6.10 Å². The van der Waals surface area contributed by atoms with Crippen molar-refractivity contribution < 1.29 is 15.3 Å². The smallest absolute Gasteiger partial charge is 0.157 e. The molecule has 0 bridgehead atoms. The fraction of sp³-hybridized carbons (Fsp3) is 0.250. The summed E-state index contributed by atoms with van der Waals surface area (Å²) >= 11 is 5.38. The highest BCUT2D eigenvalue weighted by molar-refractivity contribution is 6.18. The van der Waals surface area contributed by atoms with Crippen LogP contribution in [0.15, 0.2) is 18.2 Å². The van der Waals surface area contributed by atoms with Gasteiger partial charge in [-0.25, -0.2) is 0 Å². The Hall–Kier alpha value is -0.930. The lowest BCUT2D eigenvalue weighted by atomic mass is 10.1. The van der Waals surface area contributed by atoms with Crippen LogP contribution in [0.3, 0.4) is 0 Å². The normalized spacial score (nSPS) is 12.8. The lowest BCUT2D eigenvalue weighted by Gasteiger charge is -2.07. The third-order valence-corrected chi connectivity index (χ3v) is 1.82. The van der Waals surface area contributed by atoms with E-state index in [2.05, 4.69) is 0 Å². The van der Waals surface area contributed by atoms with E-state index in [4.69, 9.17) is 21.8 Å². The maximum Gasteiger partial charge on any atom is 0.157 e. The average molecular weight is 189 g/mol. The van der Waals surface area contributed by atoms with E-state index >= 15 is 0 Å². The molecule has 0 heterocycles. The van der Waals surface area contributed by atoms with Gasteiger partial charge in [0.15, 0.2) is 11.5 Å². The quantitative estimate of drug-likeness (QED) is 0.485. The summed E-state index contributed by atoms with van der Waals surface area (Å²) in [6, 6.07) is 4.09. The van der Waals surface area contributed by atoms with Gasteiger partial charge in [-0.15, -0.1) is 11.6 Å². The van der Waals surface area contributed by atoms with E-state index in [1.165, 1.54) is 18.2 Å². The number of aromatic hydroxyl groups is 2. The van der Waals surface area contributed by atoms with Gasteiger partial charge in [-0.1, -0.05) is 6.07 Å². The molecule has 0 saturated carbocycles. The van der Waals surface area contributed by atoms with Gasteiger partial charge in [0.2, 0.25) is 0 Å². The minimum absolute atomic E-state index is 0.0597. The SMILES string of the molecule is Oc1ccc([C@H](O)CCl)cc1O. The molecule has 0 amide bonds. The van der Waals surface area contributed by atoms with Crippen molar-refractivity contribution in [2.75, 3.05) is 5.88 Å². The zero-order valence-electron chi connectivity index (χ0n) is 6.24. The van der Waals surface area contributed by atoms with Crippen LogP contribution in [0.5, 0.6) is 11.5 Å². The Balaban J connectivity index is 2.96. The Morgan fingerprint density at radius 1 is 1.25 bits per heavy atom. The maximum atomic E-state index is 9.22. The minimum atomic E-state index is -0.807. The number of benzene rings is 1. The molecule has 0 saturated heterocycles. The lowest BCUT2D eigenvalue weighted by molar-refractivity contribution is 0.202. The topological polar surface area (TPSA) is 60.7 Å². The standard InChI is InChI=1S/C8H9ClO3/c9-4-8(12)5-1-2-6(10)7(11)3-5/h1-3,8,10-12H,4H2/t8-/m1/s1. The number of aliphatic hydroxyl groups is 1. The first-order valence-corrected chi connectivity index (χ1v) is 3.94. The molecule has 66 valence electrons. The van der Waals surface area contributed by atoms with Gasteiger partial charge in [0.1, 0.15) is 0 Å². The first-order chi connectivity index (χ1) is 5.65. The Bertz CT molecular complexity index is 275. The van der Waals surface area contributed by atoms with Crippen LogP contribution in [-0.4, -0.2) is 21.2 Å². The summed E-state index contributed by atoms with van der Waals surface area (Å²) in [7, 11) is 0. The van der Waals surface area contributed by atoms with Gasteiger partial charge in [0.05, 0.1) is 12.0 Å². The highest BCUT2D eigenvalue weighted by atomic mass is 35.5. The summed E-state index contributed by atoms with van der Waals surface area (Å²) in [5.41, 5.74) is 0.486. The number of hydrogen-bond donors (Lipinski definition) is 3. The Kier molecular flexibility index (Phi) is 2.78. The van der Waals surface area contributed by atoms with Crippen LogP contribution in [0.25, 0.3) is 0 Å². The fourth-order valence-electron chi connectivity index (χ4n) is 0.837. The first kappa shape index (κ1) is 9.16. The fourth-order valence-corrected chi connectivity index (χ4v) is 1.01. The molecule has 12 heavy (non-hydrogen) atoms. The maximum absolute atomic E-state index is 9.22. The van der Waals surface area contributed by atoms with Crippen molar-refractivity contribution in [1.82, 2.24) is 0 Å². The largest absolute Gasteiger partial charge is 0.504 e. The Labute approximate surface area is 74.8 Å². The van der Waals surface area contributed by atoms with Gasteiger partial charge < -0.3 is 15.3 Å². The molecule has 0 aliphatic rings. The van der Waals surface area contributed by atoms with Crippen LogP contribution in [-0.2, 0) is 0 Å². The van der Waals surface area contributed by atoms with E-state index < -0.39 is 6.10 Å². The third-order valence-electron chi connectivity index (χ3n) is 1.53. The summed E-state index contributed by atoms with van der Waals surface area (Å²) in [6.07, 6.45) is -0.807. The number of phenolic OH excluding ortho intramolecular Hbond substituents is 2. The monoisotopic (exact) mass is 188 g/mol. The van der Waals surface area contributed by atoms with Gasteiger partial charge in [0.25, 0.3) is 0 Å². The van der Waals surface area contributed by atoms with E-state index in [0.29, 0.717) is 5.56 Å². The number of halogens is 1. The molecular weight excluding hydrogens is 180 g/mol. The van der Waals surface area contributed by atoms with Crippen LogP contribution in [0.4, 0.5) is 0 Å². The van der Waals surface area contributed by atoms with Crippen molar-refractivity contribution in [3.8, 4) is 11.5 Å². The van der Waals surface area contributed by atoms with E-state index in [1.807, 2.05) is 0 Å². The van der Waals surface area contributed by atoms with Crippen LogP contribution in [0, 0.1) is 0 Å². The molecule has 1 aromatic carbocycles. The summed E-state index contributed by atoms with van der Waals surface area (Å²) < 4.78 is 0. The van der Waals surface area contributed by atoms with Crippen molar-refractivity contribution in [3.05, 3.63) is 23.8 Å². The molecule has 3 nitrogen and oxygen atoms in total. The van der Waals surface area contributed by atoms with Crippen molar-refractivity contribution >= 4 is 11.6 Å². The molecule has 0 unspecified atom stereocenters. The van der Waals surface area contributed by atoms with Gasteiger partial charge in [-0.2, -0.15) is 0 Å². The molecule has 0 aromatic heterocycles. The number of phenols is 2. The summed E-state index contributed by atoms with van der Waals surface area (Å²) in [6.45, 7) is 0. The number of rotatable bonds is 2. The van der Waals surface area contributed by atoms with Crippen molar-refractivity contribution in [1.29, 1.82) is 0 Å². The third kappa shape index (κ3) is 1.81. The minimum Gasteiger partial charge on any atom is -0.504 e. The average Bonchev–Trinajstić information content (AvgIpc) is 2.08. The molecule has 4 heteroatoms. The van der Waals surface area contributed by atoms with Crippen LogP contribution in [0.1, 0.15) is 11.7 Å². The van der Waals surface area contributed by atoms with Gasteiger partial charge >= 0.3 is 0 Å². The van der Waals surface area contributed by atoms with Crippen LogP contribution < -0.4 is 0 Å². The summed E-state index contributed by atoms with van der Waals surface area (Å²) in [5, 5.41) is 27.2. The van der Waals surface area contributed by atoms with Crippen LogP contribution in [0.2, 0.25) is 0 Å². The molecule has 3 N–H and O–H groups in total. The molecule has 1 atom stereocenters. The van der Waals surface area contributed by atoms with Gasteiger partial charge in [-0.05, 0) is 17.7 Å². The molecule has 0 aliphatic heterocycles. The van der Waals surface area contributed by atoms with E-state index in [0.717, 1.165) is 0 Å². The zero-order chi connectivity index (χ0) is 9.14. The predicted octanol–water partition coefficient (Wildman–Crippen LogP) is 1.37. The van der Waals surface area contributed by atoms with Crippen LogP contribution >= 0.6 is 11.6 Å². The number of aliphatic hydroxyl groups excluding tert-OH is 1. The second-order valence-corrected chi connectivity index (χ2v) is 2.73. The van der Waals surface area contributed by atoms with Gasteiger partial charge in [-0.3, -0.25) is 0 Å². The second-order valence-electron chi connectivity index (χ2n) is 2.42. The molecule has 1 aromatic rings. The Morgan fingerprint density at radius 2 is 1.92 bits per heavy atom. The van der Waals surface area contributed by atoms with E-state index in [9.17, 15) is 5.11 Å². The number of alkyl halides is 1. The highest BCUT2D eigenvalue weighted by Gasteiger charge is 2.07. The predicted molar refractivity (Wildman–Crippen MR) is 45.5 cm³/mol. The first-order valence-electron chi connectivity index (χ1n) is 3.41. The lowest BCUT2D eigenvalue weighted by Crippen LogP contribution is -1.97. The molecule has 1 rings (SSSR count). The van der Waals surface area contributed by atoms with Crippen molar-refractivity contribution in [3.63, 3.8) is 0 Å². The highest BCUT2D eigenvalue weighted by Crippen LogP contribution is 2.27. The second kappa shape index (κ2) is 3.65. The summed E-state index contributed by atoms with van der Waals surface area (Å²) in [5.74, 6) is -0.401. The van der Waals surface area contributed by atoms with Gasteiger partial charge in [0, 0.05) is 0 Å². The molecule has 0 aliphatic carbocycles. The molecule has 0 fully saturated rings. The Morgan fingerprint density at radius 3 is 2.42 bits per heavy atom. The molecule has 0 spiro atoms. The zero-order valence-corrected chi connectivity index (χ0v) is 6.99. The summed E-state index contributed by atoms with van der Waals surface area (Å²) in [4.78, 5) is 0. The molecular formula is C8H9ClO3. The van der Waals surface area contributed by atoms with E-state index in [1.54, 1.807) is 0 Å².